The third-order valence-electron chi connectivity index (χ3n) is 3.35. The molecule has 0 N–H and O–H groups in total. The number of hydrogen-bond acceptors (Lipinski definition) is 7. The van der Waals surface area contributed by atoms with Crippen LogP contribution in [0.25, 0.3) is 5.78 Å². The topological polar surface area (TPSA) is 76.3 Å². The zero-order chi connectivity index (χ0) is 17.3. The van der Waals surface area contributed by atoms with Crippen LogP contribution in [-0.2, 0) is 17.0 Å². The first-order chi connectivity index (χ1) is 11.4. The zero-order valence-electron chi connectivity index (χ0n) is 14.0. The van der Waals surface area contributed by atoms with Crippen LogP contribution in [0.5, 0.6) is 0 Å². The first-order valence-corrected chi connectivity index (χ1v) is 9.26. The first-order valence-electron chi connectivity index (χ1n) is 7.39. The highest BCUT2D eigenvalue weighted by Gasteiger charge is 2.12. The van der Waals surface area contributed by atoms with E-state index in [1.807, 2.05) is 25.3 Å². The fraction of sp³-hybridized carbons (Fsp3) is 0.400. The lowest BCUT2D eigenvalue weighted by Gasteiger charge is -2.07. The Morgan fingerprint density at radius 2 is 2.08 bits per heavy atom. The van der Waals surface area contributed by atoms with Crippen LogP contribution >= 0.6 is 23.1 Å². The molecule has 3 aromatic heterocycles. The van der Waals surface area contributed by atoms with Crippen LogP contribution in [0, 0.1) is 13.8 Å². The lowest BCUT2D eigenvalue weighted by molar-refractivity contribution is -0.127. The fourth-order valence-electron chi connectivity index (χ4n) is 2.13. The molecule has 0 aliphatic rings. The maximum atomic E-state index is 11.7. The van der Waals surface area contributed by atoms with E-state index in [4.69, 9.17) is 0 Å². The Morgan fingerprint density at radius 1 is 1.29 bits per heavy atom. The smallest absolute Gasteiger partial charge is 0.253 e. The van der Waals surface area contributed by atoms with Gasteiger partial charge in [-0.15, -0.1) is 16.4 Å². The minimum Gasteiger partial charge on any atom is -0.348 e. The van der Waals surface area contributed by atoms with Crippen molar-refractivity contribution >= 4 is 34.8 Å². The molecular weight excluding hydrogens is 344 g/mol. The van der Waals surface area contributed by atoms with Crippen molar-refractivity contribution in [1.82, 2.24) is 29.5 Å². The van der Waals surface area contributed by atoms with Gasteiger partial charge in [0.05, 0.1) is 12.1 Å². The molecule has 0 unspecified atom stereocenters. The predicted molar refractivity (Wildman–Crippen MR) is 94.3 cm³/mol. The Kier molecular flexibility index (Phi) is 4.81. The van der Waals surface area contributed by atoms with Crippen LogP contribution in [0.2, 0.25) is 0 Å². The molecule has 0 spiro atoms. The number of aryl methyl sites for hydroxylation is 2. The quantitative estimate of drug-likeness (QED) is 0.647. The maximum Gasteiger partial charge on any atom is 0.253 e. The molecule has 0 aliphatic heterocycles. The van der Waals surface area contributed by atoms with Gasteiger partial charge in [-0.1, -0.05) is 11.8 Å². The molecule has 0 saturated carbocycles. The van der Waals surface area contributed by atoms with Crippen LogP contribution in [0.15, 0.2) is 16.6 Å². The zero-order valence-corrected chi connectivity index (χ0v) is 15.6. The molecule has 3 aromatic rings. The van der Waals surface area contributed by atoms with Gasteiger partial charge in [-0.05, 0) is 19.9 Å². The molecule has 0 atom stereocenters. The van der Waals surface area contributed by atoms with Crippen molar-refractivity contribution in [2.24, 2.45) is 0 Å². The molecule has 3 rings (SSSR count). The van der Waals surface area contributed by atoms with Crippen molar-refractivity contribution in [2.45, 2.75) is 31.2 Å². The van der Waals surface area contributed by atoms with Gasteiger partial charge in [0.25, 0.3) is 5.78 Å². The first kappa shape index (κ1) is 16.8. The van der Waals surface area contributed by atoms with Gasteiger partial charge in [0.1, 0.15) is 5.01 Å². The molecule has 0 saturated heterocycles. The summed E-state index contributed by atoms with van der Waals surface area (Å²) in [5.41, 5.74) is 2.87. The van der Waals surface area contributed by atoms with Crippen molar-refractivity contribution in [1.29, 1.82) is 0 Å². The van der Waals surface area contributed by atoms with Gasteiger partial charge < -0.3 is 4.90 Å². The van der Waals surface area contributed by atoms with Gasteiger partial charge in [0, 0.05) is 36.6 Å². The summed E-state index contributed by atoms with van der Waals surface area (Å²) in [6, 6.07) is 1.98. The van der Waals surface area contributed by atoms with E-state index in [0.29, 0.717) is 23.1 Å². The number of hydrogen-bond donors (Lipinski definition) is 0. The van der Waals surface area contributed by atoms with E-state index in [-0.39, 0.29) is 5.91 Å². The molecule has 0 bridgehead atoms. The summed E-state index contributed by atoms with van der Waals surface area (Å²) in [5, 5.41) is 7.96. The number of carbonyl (C=O) groups is 1. The lowest BCUT2D eigenvalue weighted by Crippen LogP contribution is -2.23. The van der Waals surface area contributed by atoms with Gasteiger partial charge >= 0.3 is 0 Å². The number of rotatable bonds is 5. The predicted octanol–water partition coefficient (Wildman–Crippen LogP) is 2.12. The van der Waals surface area contributed by atoms with Crippen molar-refractivity contribution in [3.63, 3.8) is 0 Å². The minimum absolute atomic E-state index is 0.0579. The molecule has 7 nitrogen and oxygen atoms in total. The average molecular weight is 362 g/mol. The highest BCUT2D eigenvalue weighted by Crippen LogP contribution is 2.22. The number of thioether (sulfide) groups is 1. The Morgan fingerprint density at radius 3 is 2.83 bits per heavy atom. The minimum atomic E-state index is 0.0579. The Labute approximate surface area is 148 Å². The largest absolute Gasteiger partial charge is 0.348 e. The lowest BCUT2D eigenvalue weighted by atomic mass is 10.4. The third-order valence-corrected chi connectivity index (χ3v) is 5.12. The summed E-state index contributed by atoms with van der Waals surface area (Å²) in [4.78, 5) is 26.6. The number of aromatic nitrogens is 5. The van der Waals surface area contributed by atoms with Gasteiger partial charge in [-0.25, -0.2) is 14.5 Å². The van der Waals surface area contributed by atoms with Crippen LogP contribution in [0.4, 0.5) is 0 Å². The summed E-state index contributed by atoms with van der Waals surface area (Å²) in [6.07, 6.45) is 0.345. The van der Waals surface area contributed by atoms with Gasteiger partial charge in [-0.3, -0.25) is 4.79 Å². The van der Waals surface area contributed by atoms with E-state index in [2.05, 4.69) is 20.1 Å². The Hall–Kier alpha value is -2.00. The monoisotopic (exact) mass is 362 g/mol. The van der Waals surface area contributed by atoms with Crippen molar-refractivity contribution in [3.8, 4) is 0 Å². The maximum absolute atomic E-state index is 11.7. The summed E-state index contributed by atoms with van der Waals surface area (Å²) in [7, 11) is 3.50. The molecule has 126 valence electrons. The molecular formula is C15H18N6OS2. The molecule has 3 heterocycles. The van der Waals surface area contributed by atoms with Gasteiger partial charge in [0.2, 0.25) is 11.1 Å². The summed E-state index contributed by atoms with van der Waals surface area (Å²) >= 11 is 3.03. The molecule has 0 fully saturated rings. The molecule has 0 aliphatic carbocycles. The van der Waals surface area contributed by atoms with Crippen molar-refractivity contribution in [3.05, 3.63) is 33.5 Å². The highest BCUT2D eigenvalue weighted by atomic mass is 32.2. The molecule has 0 aromatic carbocycles. The normalized spacial score (nSPS) is 11.2. The second kappa shape index (κ2) is 6.86. The van der Waals surface area contributed by atoms with E-state index < -0.39 is 0 Å². The molecule has 0 radical (unpaired) electrons. The fourth-order valence-corrected chi connectivity index (χ4v) is 3.73. The number of carbonyl (C=O) groups excluding carboxylic acids is 1. The van der Waals surface area contributed by atoms with E-state index >= 15 is 0 Å². The van der Waals surface area contributed by atoms with E-state index in [1.165, 1.54) is 23.1 Å². The third kappa shape index (κ3) is 3.73. The second-order valence-corrected chi connectivity index (χ2v) is 7.52. The SMILES string of the molecule is Cc1cc(C)n2nc(SCc3csc(CC(=O)N(C)C)n3)nc2n1. The average Bonchev–Trinajstić information content (AvgIpc) is 3.11. The van der Waals surface area contributed by atoms with E-state index in [1.54, 1.807) is 23.5 Å². The summed E-state index contributed by atoms with van der Waals surface area (Å²) < 4.78 is 1.75. The van der Waals surface area contributed by atoms with Crippen molar-refractivity contribution in [2.75, 3.05) is 14.1 Å². The summed E-state index contributed by atoms with van der Waals surface area (Å²) in [6.45, 7) is 3.93. The standard InChI is InChI=1S/C15H18N6OS2/c1-9-5-10(2)21-14(16-9)18-15(19-21)24-8-11-7-23-12(17-11)6-13(22)20(3)4/h5,7H,6,8H2,1-4H3. The van der Waals surface area contributed by atoms with Crippen LogP contribution in [-0.4, -0.2) is 49.5 Å². The number of nitrogens with zero attached hydrogens (tertiary/aromatic N) is 6. The second-order valence-electron chi connectivity index (χ2n) is 5.63. The molecule has 24 heavy (non-hydrogen) atoms. The van der Waals surface area contributed by atoms with Gasteiger partial charge in [0.15, 0.2) is 0 Å². The molecule has 9 heteroatoms. The Balaban J connectivity index is 1.67. The van der Waals surface area contributed by atoms with Crippen molar-refractivity contribution < 1.29 is 4.79 Å². The number of likely N-dealkylation sites (N-methyl/N-ethyl adjacent to an activating group) is 1. The molecule has 1 amide bonds. The highest BCUT2D eigenvalue weighted by molar-refractivity contribution is 7.98. The summed E-state index contributed by atoms with van der Waals surface area (Å²) in [5.74, 6) is 1.34. The number of amides is 1. The van der Waals surface area contributed by atoms with E-state index in [9.17, 15) is 4.79 Å². The van der Waals surface area contributed by atoms with Gasteiger partial charge in [-0.2, -0.15) is 4.98 Å². The van der Waals surface area contributed by atoms with Crippen LogP contribution in [0.3, 0.4) is 0 Å². The van der Waals surface area contributed by atoms with Crippen LogP contribution < -0.4 is 0 Å². The van der Waals surface area contributed by atoms with Crippen LogP contribution in [0.1, 0.15) is 22.1 Å². The number of thiazole rings is 1. The Bertz CT molecular complexity index is 885. The van der Waals surface area contributed by atoms with E-state index in [0.717, 1.165) is 22.1 Å². The number of fused-ring (bicyclic) bond motifs is 1.